The first kappa shape index (κ1) is 10.6. The summed E-state index contributed by atoms with van der Waals surface area (Å²) >= 11 is 5.73. The Bertz CT molecular complexity index is 554. The largest absolute Gasteiger partial charge is 0.476 e. The van der Waals surface area contributed by atoms with E-state index in [0.29, 0.717) is 5.69 Å². The highest BCUT2D eigenvalue weighted by Gasteiger charge is 2.11. The molecule has 0 fully saturated rings. The summed E-state index contributed by atoms with van der Waals surface area (Å²) in [5, 5.41) is 12.3. The Kier molecular flexibility index (Phi) is 2.62. The summed E-state index contributed by atoms with van der Waals surface area (Å²) in [5.74, 6) is -1.72. The SMILES string of the molecule is O=C(O)c1ccn(-c2cccc(F)c2Cl)n1. The minimum atomic E-state index is -1.15. The van der Waals surface area contributed by atoms with Crippen LogP contribution in [-0.4, -0.2) is 20.9 Å². The predicted molar refractivity (Wildman–Crippen MR) is 55.5 cm³/mol. The van der Waals surface area contributed by atoms with Crippen LogP contribution in [0.5, 0.6) is 0 Å². The van der Waals surface area contributed by atoms with Crippen molar-refractivity contribution in [3.05, 3.63) is 47.0 Å². The van der Waals surface area contributed by atoms with Crippen molar-refractivity contribution in [1.29, 1.82) is 0 Å². The molecule has 0 saturated carbocycles. The third kappa shape index (κ3) is 1.77. The molecule has 0 aliphatic heterocycles. The average Bonchev–Trinajstić information content (AvgIpc) is 2.71. The fourth-order valence-corrected chi connectivity index (χ4v) is 1.45. The van der Waals surface area contributed by atoms with Crippen LogP contribution < -0.4 is 0 Å². The van der Waals surface area contributed by atoms with Crippen LogP contribution in [0.15, 0.2) is 30.5 Å². The third-order valence-corrected chi connectivity index (χ3v) is 2.36. The number of benzene rings is 1. The molecule has 1 heterocycles. The zero-order chi connectivity index (χ0) is 11.7. The van der Waals surface area contributed by atoms with Gasteiger partial charge in [-0.1, -0.05) is 17.7 Å². The van der Waals surface area contributed by atoms with Crippen molar-refractivity contribution < 1.29 is 14.3 Å². The summed E-state index contributed by atoms with van der Waals surface area (Å²) < 4.78 is 14.4. The van der Waals surface area contributed by atoms with Gasteiger partial charge in [-0.15, -0.1) is 0 Å². The Morgan fingerprint density at radius 2 is 2.19 bits per heavy atom. The van der Waals surface area contributed by atoms with Crippen LogP contribution in [0.3, 0.4) is 0 Å². The van der Waals surface area contributed by atoms with E-state index < -0.39 is 11.8 Å². The molecule has 0 aliphatic rings. The van der Waals surface area contributed by atoms with Gasteiger partial charge in [0.2, 0.25) is 0 Å². The van der Waals surface area contributed by atoms with E-state index in [4.69, 9.17) is 16.7 Å². The number of halogens is 2. The number of rotatable bonds is 2. The molecule has 1 N–H and O–H groups in total. The van der Waals surface area contributed by atoms with Gasteiger partial charge in [0.15, 0.2) is 5.69 Å². The number of carboxylic acid groups (broad SMARTS) is 1. The lowest BCUT2D eigenvalue weighted by Gasteiger charge is -2.03. The zero-order valence-electron chi connectivity index (χ0n) is 7.89. The van der Waals surface area contributed by atoms with Crippen molar-refractivity contribution in [1.82, 2.24) is 9.78 Å². The topological polar surface area (TPSA) is 55.1 Å². The van der Waals surface area contributed by atoms with E-state index in [1.807, 2.05) is 0 Å². The lowest BCUT2D eigenvalue weighted by atomic mass is 10.3. The number of aromatic nitrogens is 2. The van der Waals surface area contributed by atoms with E-state index >= 15 is 0 Å². The highest BCUT2D eigenvalue weighted by atomic mass is 35.5. The van der Waals surface area contributed by atoms with E-state index in [1.54, 1.807) is 6.07 Å². The van der Waals surface area contributed by atoms with Gasteiger partial charge in [0.05, 0.1) is 5.69 Å². The average molecular weight is 241 g/mol. The molecule has 6 heteroatoms. The van der Waals surface area contributed by atoms with E-state index in [0.717, 1.165) is 0 Å². The normalized spacial score (nSPS) is 10.4. The summed E-state index contributed by atoms with van der Waals surface area (Å²) in [7, 11) is 0. The van der Waals surface area contributed by atoms with Gasteiger partial charge in [-0.2, -0.15) is 5.10 Å². The van der Waals surface area contributed by atoms with E-state index in [-0.39, 0.29) is 10.7 Å². The van der Waals surface area contributed by atoms with Gasteiger partial charge in [0.1, 0.15) is 10.8 Å². The number of carbonyl (C=O) groups is 1. The van der Waals surface area contributed by atoms with Crippen molar-refractivity contribution >= 4 is 17.6 Å². The van der Waals surface area contributed by atoms with Crippen molar-refractivity contribution in [2.45, 2.75) is 0 Å². The summed E-state index contributed by atoms with van der Waals surface area (Å²) in [6.45, 7) is 0. The Hall–Kier alpha value is -1.88. The second-order valence-corrected chi connectivity index (χ2v) is 3.40. The quantitative estimate of drug-likeness (QED) is 0.877. The molecule has 0 spiro atoms. The second kappa shape index (κ2) is 3.94. The second-order valence-electron chi connectivity index (χ2n) is 3.02. The van der Waals surface area contributed by atoms with Crippen molar-refractivity contribution in [3.8, 4) is 5.69 Å². The molecule has 4 nitrogen and oxygen atoms in total. The van der Waals surface area contributed by atoms with Gasteiger partial charge in [-0.25, -0.2) is 13.9 Å². The molecule has 2 rings (SSSR count). The van der Waals surface area contributed by atoms with E-state index in [9.17, 15) is 9.18 Å². The number of hydrogen-bond acceptors (Lipinski definition) is 2. The molecule has 82 valence electrons. The molecule has 1 aromatic carbocycles. The Labute approximate surface area is 94.9 Å². The van der Waals surface area contributed by atoms with Gasteiger partial charge < -0.3 is 5.11 Å². The number of nitrogens with zero attached hydrogens (tertiary/aromatic N) is 2. The maximum absolute atomic E-state index is 13.1. The molecular formula is C10H6ClFN2O2. The molecular weight excluding hydrogens is 235 g/mol. The Morgan fingerprint density at radius 1 is 1.44 bits per heavy atom. The fraction of sp³-hybridized carbons (Fsp3) is 0. The monoisotopic (exact) mass is 240 g/mol. The van der Waals surface area contributed by atoms with Crippen LogP contribution in [-0.2, 0) is 0 Å². The molecule has 0 radical (unpaired) electrons. The van der Waals surface area contributed by atoms with Crippen molar-refractivity contribution in [3.63, 3.8) is 0 Å². The lowest BCUT2D eigenvalue weighted by Crippen LogP contribution is -2.01. The van der Waals surface area contributed by atoms with Gasteiger partial charge in [-0.05, 0) is 18.2 Å². The Balaban J connectivity index is 2.50. The number of hydrogen-bond donors (Lipinski definition) is 1. The first-order valence-corrected chi connectivity index (χ1v) is 4.71. The summed E-state index contributed by atoms with van der Waals surface area (Å²) in [5.41, 5.74) is 0.175. The summed E-state index contributed by atoms with van der Waals surface area (Å²) in [6, 6.07) is 5.54. The van der Waals surface area contributed by atoms with Crippen molar-refractivity contribution in [2.24, 2.45) is 0 Å². The van der Waals surface area contributed by atoms with Gasteiger partial charge in [0, 0.05) is 6.20 Å². The zero-order valence-corrected chi connectivity index (χ0v) is 8.65. The van der Waals surface area contributed by atoms with Crippen molar-refractivity contribution in [2.75, 3.05) is 0 Å². The molecule has 0 aliphatic carbocycles. The van der Waals surface area contributed by atoms with E-state index in [1.165, 1.54) is 29.1 Å². The first-order chi connectivity index (χ1) is 7.59. The number of aromatic carboxylic acids is 1. The van der Waals surface area contributed by atoms with Crippen LogP contribution in [0.1, 0.15) is 10.5 Å². The molecule has 0 saturated heterocycles. The third-order valence-electron chi connectivity index (χ3n) is 1.99. The highest BCUT2D eigenvalue weighted by Crippen LogP contribution is 2.22. The lowest BCUT2D eigenvalue weighted by molar-refractivity contribution is 0.0690. The predicted octanol–water partition coefficient (Wildman–Crippen LogP) is 2.36. The fourth-order valence-electron chi connectivity index (χ4n) is 1.24. The molecule has 2 aromatic rings. The van der Waals surface area contributed by atoms with Crippen LogP contribution in [0.2, 0.25) is 5.02 Å². The first-order valence-electron chi connectivity index (χ1n) is 4.33. The minimum Gasteiger partial charge on any atom is -0.476 e. The molecule has 0 bridgehead atoms. The smallest absolute Gasteiger partial charge is 0.356 e. The minimum absolute atomic E-state index is 0.0949. The van der Waals surface area contributed by atoms with E-state index in [2.05, 4.69) is 5.10 Å². The summed E-state index contributed by atoms with van der Waals surface area (Å²) in [6.07, 6.45) is 1.41. The van der Waals surface area contributed by atoms with Crippen LogP contribution in [0.4, 0.5) is 4.39 Å². The molecule has 0 atom stereocenters. The van der Waals surface area contributed by atoms with Gasteiger partial charge in [-0.3, -0.25) is 0 Å². The standard InChI is InChI=1S/C10H6ClFN2O2/c11-9-6(12)2-1-3-8(9)14-5-4-7(13-14)10(15)16/h1-5H,(H,15,16). The van der Waals surface area contributed by atoms with Gasteiger partial charge in [0.25, 0.3) is 0 Å². The maximum atomic E-state index is 13.1. The highest BCUT2D eigenvalue weighted by molar-refractivity contribution is 6.32. The Morgan fingerprint density at radius 3 is 2.81 bits per heavy atom. The molecule has 16 heavy (non-hydrogen) atoms. The number of carboxylic acids is 1. The summed E-state index contributed by atoms with van der Waals surface area (Å²) in [4.78, 5) is 10.6. The maximum Gasteiger partial charge on any atom is 0.356 e. The molecule has 0 unspecified atom stereocenters. The van der Waals surface area contributed by atoms with Crippen LogP contribution in [0.25, 0.3) is 5.69 Å². The van der Waals surface area contributed by atoms with Crippen LogP contribution >= 0.6 is 11.6 Å². The molecule has 1 aromatic heterocycles. The van der Waals surface area contributed by atoms with Gasteiger partial charge >= 0.3 is 5.97 Å². The van der Waals surface area contributed by atoms with Crippen LogP contribution in [0, 0.1) is 5.82 Å². The molecule has 0 amide bonds.